The van der Waals surface area contributed by atoms with Crippen LogP contribution >= 0.6 is 0 Å². The van der Waals surface area contributed by atoms with Crippen molar-refractivity contribution in [3.05, 3.63) is 107 Å². The van der Waals surface area contributed by atoms with Crippen LogP contribution in [0, 0.1) is 0 Å². The number of aromatic hydroxyl groups is 2. The molecule has 0 amide bonds. The topological polar surface area (TPSA) is 74.6 Å². The van der Waals surface area contributed by atoms with Gasteiger partial charge in [-0.2, -0.15) is 0 Å². The molecule has 0 radical (unpaired) electrons. The summed E-state index contributed by atoms with van der Waals surface area (Å²) in [5.41, 5.74) is 1.06. The fourth-order valence-corrected chi connectivity index (χ4v) is 3.33. The second kappa shape index (κ2) is 7.00. The van der Waals surface area contributed by atoms with Gasteiger partial charge in [0.05, 0.1) is 11.1 Å². The third-order valence-electron chi connectivity index (χ3n) is 4.68. The van der Waals surface area contributed by atoms with E-state index in [2.05, 4.69) is 0 Å². The summed E-state index contributed by atoms with van der Waals surface area (Å²) in [6.45, 7) is 0. The van der Waals surface area contributed by atoms with Gasteiger partial charge in [0.25, 0.3) is 0 Å². The van der Waals surface area contributed by atoms with Gasteiger partial charge in [-0.15, -0.1) is 0 Å². The Morgan fingerprint density at radius 1 is 0.500 bits per heavy atom. The number of carbonyl (C=O) groups is 2. The highest BCUT2D eigenvalue weighted by atomic mass is 16.3. The fourth-order valence-electron chi connectivity index (χ4n) is 3.33. The van der Waals surface area contributed by atoms with E-state index in [1.165, 1.54) is 12.1 Å². The summed E-state index contributed by atoms with van der Waals surface area (Å²) in [6, 6.07) is 23.1. The summed E-state index contributed by atoms with van der Waals surface area (Å²) in [6.07, 6.45) is 0. The van der Waals surface area contributed by atoms with E-state index >= 15 is 0 Å². The molecule has 4 aromatic carbocycles. The maximum absolute atomic E-state index is 13.0. The number of benzene rings is 4. The molecule has 0 spiro atoms. The number of ketones is 2. The van der Waals surface area contributed by atoms with Gasteiger partial charge in [-0.05, 0) is 35.0 Å². The predicted octanol–water partition coefficient (Wildman–Crippen LogP) is 4.71. The first-order valence-corrected chi connectivity index (χ1v) is 8.75. The standard InChI is InChI=1S/C24H16O4/c25-19-13-12-18-17(21(19)23(27)15-7-3-1-4-8-15)11-14-20(26)22(18)24(28)16-9-5-2-6-10-16/h1-14,25-26H. The van der Waals surface area contributed by atoms with Crippen LogP contribution in [0.15, 0.2) is 84.9 Å². The molecule has 4 rings (SSSR count). The molecule has 0 saturated heterocycles. The molecule has 0 fully saturated rings. The van der Waals surface area contributed by atoms with Crippen molar-refractivity contribution in [2.45, 2.75) is 0 Å². The Hall–Kier alpha value is -3.92. The van der Waals surface area contributed by atoms with Crippen LogP contribution in [0.2, 0.25) is 0 Å². The molecule has 0 aromatic heterocycles. The molecule has 2 N–H and O–H groups in total. The first-order valence-electron chi connectivity index (χ1n) is 8.75. The molecule has 0 unspecified atom stereocenters. The summed E-state index contributed by atoms with van der Waals surface area (Å²) in [7, 11) is 0. The molecular formula is C24H16O4. The van der Waals surface area contributed by atoms with E-state index in [0.717, 1.165) is 0 Å². The number of fused-ring (bicyclic) bond motifs is 1. The first-order chi connectivity index (χ1) is 13.6. The molecule has 0 aliphatic rings. The normalized spacial score (nSPS) is 10.7. The molecular weight excluding hydrogens is 352 g/mol. The van der Waals surface area contributed by atoms with Gasteiger partial charge in [0.15, 0.2) is 11.6 Å². The number of hydrogen-bond acceptors (Lipinski definition) is 4. The van der Waals surface area contributed by atoms with E-state index in [9.17, 15) is 19.8 Å². The highest BCUT2D eigenvalue weighted by Gasteiger charge is 2.22. The number of carbonyl (C=O) groups excluding carboxylic acids is 2. The molecule has 28 heavy (non-hydrogen) atoms. The lowest BCUT2D eigenvalue weighted by atomic mass is 9.91. The Morgan fingerprint density at radius 3 is 1.21 bits per heavy atom. The Bertz CT molecular complexity index is 1100. The minimum Gasteiger partial charge on any atom is -0.507 e. The number of phenols is 2. The largest absolute Gasteiger partial charge is 0.507 e. The van der Waals surface area contributed by atoms with Crippen LogP contribution in [0.25, 0.3) is 10.8 Å². The number of phenolic OH excluding ortho intramolecular Hbond substituents is 2. The monoisotopic (exact) mass is 368 g/mol. The van der Waals surface area contributed by atoms with E-state index in [4.69, 9.17) is 0 Å². The van der Waals surface area contributed by atoms with Gasteiger partial charge >= 0.3 is 0 Å². The van der Waals surface area contributed by atoms with Crippen molar-refractivity contribution in [3.8, 4) is 11.5 Å². The van der Waals surface area contributed by atoms with Gasteiger partial charge in [-0.3, -0.25) is 9.59 Å². The Kier molecular flexibility index (Phi) is 4.38. The lowest BCUT2D eigenvalue weighted by Crippen LogP contribution is -2.06. The zero-order valence-electron chi connectivity index (χ0n) is 14.8. The summed E-state index contributed by atoms with van der Waals surface area (Å²) in [5.74, 6) is -1.06. The van der Waals surface area contributed by atoms with Gasteiger partial charge in [0, 0.05) is 11.1 Å². The van der Waals surface area contributed by atoms with Gasteiger partial charge in [0.1, 0.15) is 11.5 Å². The van der Waals surface area contributed by atoms with E-state index in [1.54, 1.807) is 72.8 Å². The van der Waals surface area contributed by atoms with Crippen LogP contribution in [0.1, 0.15) is 31.8 Å². The average Bonchev–Trinajstić information content (AvgIpc) is 2.74. The maximum Gasteiger partial charge on any atom is 0.197 e. The van der Waals surface area contributed by atoms with Crippen LogP contribution in [0.3, 0.4) is 0 Å². The van der Waals surface area contributed by atoms with Gasteiger partial charge in [0.2, 0.25) is 0 Å². The van der Waals surface area contributed by atoms with E-state index in [1.807, 2.05) is 0 Å². The number of hydrogen-bond donors (Lipinski definition) is 2. The molecule has 0 atom stereocenters. The highest BCUT2D eigenvalue weighted by Crippen LogP contribution is 2.35. The minimum absolute atomic E-state index is 0.103. The average molecular weight is 368 g/mol. The van der Waals surface area contributed by atoms with Crippen LogP contribution in [-0.2, 0) is 0 Å². The molecule has 0 saturated carbocycles. The Morgan fingerprint density at radius 2 is 0.857 bits per heavy atom. The van der Waals surface area contributed by atoms with E-state index < -0.39 is 0 Å². The Balaban J connectivity index is 1.96. The van der Waals surface area contributed by atoms with Gasteiger partial charge < -0.3 is 10.2 Å². The fraction of sp³-hybridized carbons (Fsp3) is 0. The van der Waals surface area contributed by atoms with Crippen LogP contribution in [-0.4, -0.2) is 21.8 Å². The predicted molar refractivity (Wildman–Crippen MR) is 107 cm³/mol. The maximum atomic E-state index is 13.0. The van der Waals surface area contributed by atoms with Crippen LogP contribution < -0.4 is 0 Å². The zero-order chi connectivity index (χ0) is 19.7. The summed E-state index contributed by atoms with van der Waals surface area (Å²) >= 11 is 0. The van der Waals surface area contributed by atoms with Crippen molar-refractivity contribution >= 4 is 22.3 Å². The second-order valence-electron chi connectivity index (χ2n) is 6.40. The lowest BCUT2D eigenvalue weighted by molar-refractivity contribution is 0.102. The van der Waals surface area contributed by atoms with Crippen molar-refractivity contribution < 1.29 is 19.8 Å². The van der Waals surface area contributed by atoms with Gasteiger partial charge in [-0.25, -0.2) is 0 Å². The van der Waals surface area contributed by atoms with Crippen molar-refractivity contribution in [1.29, 1.82) is 0 Å². The zero-order valence-corrected chi connectivity index (χ0v) is 14.8. The Labute approximate surface area is 161 Å². The third kappa shape index (κ3) is 2.91. The molecule has 0 aliphatic heterocycles. The van der Waals surface area contributed by atoms with Crippen LogP contribution in [0.5, 0.6) is 11.5 Å². The first kappa shape index (κ1) is 17.5. The second-order valence-corrected chi connectivity index (χ2v) is 6.40. The lowest BCUT2D eigenvalue weighted by Gasteiger charge is -2.13. The SMILES string of the molecule is O=C(c1ccccc1)c1c(O)ccc2c(C(=O)c3ccccc3)c(O)ccc12. The number of rotatable bonds is 4. The van der Waals surface area contributed by atoms with Gasteiger partial charge in [-0.1, -0.05) is 60.7 Å². The molecule has 4 heteroatoms. The third-order valence-corrected chi connectivity index (χ3v) is 4.68. The van der Waals surface area contributed by atoms with Crippen molar-refractivity contribution in [2.75, 3.05) is 0 Å². The van der Waals surface area contributed by atoms with E-state index in [-0.39, 0.29) is 34.2 Å². The quantitative estimate of drug-likeness (QED) is 0.512. The summed E-state index contributed by atoms with van der Waals surface area (Å²) in [4.78, 5) is 26.0. The minimum atomic E-state index is -0.354. The van der Waals surface area contributed by atoms with E-state index in [0.29, 0.717) is 21.9 Å². The molecule has 4 nitrogen and oxygen atoms in total. The molecule has 0 bridgehead atoms. The van der Waals surface area contributed by atoms with Crippen molar-refractivity contribution in [3.63, 3.8) is 0 Å². The highest BCUT2D eigenvalue weighted by molar-refractivity contribution is 6.23. The molecule has 4 aromatic rings. The van der Waals surface area contributed by atoms with Crippen molar-refractivity contribution in [2.24, 2.45) is 0 Å². The summed E-state index contributed by atoms with van der Waals surface area (Å²) < 4.78 is 0. The molecule has 0 heterocycles. The smallest absolute Gasteiger partial charge is 0.197 e. The summed E-state index contributed by atoms with van der Waals surface area (Å²) in [5, 5.41) is 21.6. The molecule has 136 valence electrons. The molecule has 0 aliphatic carbocycles. The van der Waals surface area contributed by atoms with Crippen molar-refractivity contribution in [1.82, 2.24) is 0 Å². The van der Waals surface area contributed by atoms with Crippen LogP contribution in [0.4, 0.5) is 0 Å².